The number of rotatable bonds is 6. The van der Waals surface area contributed by atoms with Gasteiger partial charge in [-0.05, 0) is 68.1 Å². The van der Waals surface area contributed by atoms with Crippen molar-refractivity contribution in [2.45, 2.75) is 32.7 Å². The third-order valence-corrected chi connectivity index (χ3v) is 3.50. The highest BCUT2D eigenvalue weighted by atomic mass is 16.3. The number of phenols is 1. The molecule has 0 radical (unpaired) electrons. The van der Waals surface area contributed by atoms with E-state index in [1.807, 2.05) is 24.5 Å². The molecule has 20 heavy (non-hydrogen) atoms. The van der Waals surface area contributed by atoms with Crippen LogP contribution in [0.5, 0.6) is 5.75 Å². The van der Waals surface area contributed by atoms with Crippen LogP contribution >= 0.6 is 0 Å². The molecule has 0 saturated heterocycles. The van der Waals surface area contributed by atoms with Crippen LogP contribution in [-0.2, 0) is 12.8 Å². The highest BCUT2D eigenvalue weighted by molar-refractivity contribution is 5.26. The van der Waals surface area contributed by atoms with Crippen LogP contribution in [0, 0.1) is 6.92 Å². The molecule has 2 aromatic rings. The Morgan fingerprint density at radius 3 is 2.65 bits per heavy atom. The molecule has 0 aliphatic carbocycles. The summed E-state index contributed by atoms with van der Waals surface area (Å²) in [5.41, 5.74) is 3.84. The summed E-state index contributed by atoms with van der Waals surface area (Å²) in [6.45, 7) is 5.25. The highest BCUT2D eigenvalue weighted by Gasteiger charge is 2.04. The fourth-order valence-electron chi connectivity index (χ4n) is 2.29. The normalized spacial score (nSPS) is 12.3. The summed E-state index contributed by atoms with van der Waals surface area (Å²) in [6.07, 6.45) is 5.75. The van der Waals surface area contributed by atoms with E-state index < -0.39 is 0 Å². The van der Waals surface area contributed by atoms with E-state index >= 15 is 0 Å². The van der Waals surface area contributed by atoms with Crippen molar-refractivity contribution in [1.82, 2.24) is 10.3 Å². The number of phenolic OH excluding ortho intramolecular Hbond substituents is 1. The molecule has 1 aromatic carbocycles. The first-order chi connectivity index (χ1) is 9.65. The van der Waals surface area contributed by atoms with Crippen LogP contribution in [0.1, 0.15) is 23.6 Å². The van der Waals surface area contributed by atoms with Gasteiger partial charge in [-0.25, -0.2) is 0 Å². The molecule has 0 saturated carbocycles. The van der Waals surface area contributed by atoms with E-state index in [2.05, 4.69) is 30.2 Å². The van der Waals surface area contributed by atoms with Crippen LogP contribution in [0.4, 0.5) is 0 Å². The molecule has 1 aromatic heterocycles. The van der Waals surface area contributed by atoms with Crippen molar-refractivity contribution in [3.63, 3.8) is 0 Å². The van der Waals surface area contributed by atoms with Crippen molar-refractivity contribution in [2.24, 2.45) is 0 Å². The average Bonchev–Trinajstić information content (AvgIpc) is 2.43. The largest absolute Gasteiger partial charge is 0.508 e. The second-order valence-corrected chi connectivity index (χ2v) is 5.28. The molecule has 0 bridgehead atoms. The summed E-state index contributed by atoms with van der Waals surface area (Å²) in [7, 11) is 0. The molecule has 3 nitrogen and oxygen atoms in total. The maximum absolute atomic E-state index is 9.26. The number of benzene rings is 1. The number of pyridine rings is 1. The molecule has 1 heterocycles. The number of aromatic nitrogens is 1. The summed E-state index contributed by atoms with van der Waals surface area (Å²) in [6, 6.07) is 9.93. The molecule has 2 rings (SSSR count). The summed E-state index contributed by atoms with van der Waals surface area (Å²) < 4.78 is 0. The molecule has 0 aliphatic heterocycles. The standard InChI is InChI=1S/C17H22N2O/c1-13-12-18-9-7-16(13)8-10-19-14(2)11-15-3-5-17(20)6-4-15/h3-7,9,12,14,19-20H,8,10-11H2,1-2H3/t14-/m0/s1. The summed E-state index contributed by atoms with van der Waals surface area (Å²) in [5, 5.41) is 12.8. The molecular formula is C17H22N2O. The van der Waals surface area contributed by atoms with Crippen LogP contribution in [0.15, 0.2) is 42.7 Å². The van der Waals surface area contributed by atoms with Gasteiger partial charge in [0.15, 0.2) is 0 Å². The predicted molar refractivity (Wildman–Crippen MR) is 82.0 cm³/mol. The Morgan fingerprint density at radius 2 is 1.95 bits per heavy atom. The molecule has 0 fully saturated rings. The molecule has 3 heteroatoms. The molecule has 106 valence electrons. The number of aromatic hydroxyl groups is 1. The molecular weight excluding hydrogens is 248 g/mol. The summed E-state index contributed by atoms with van der Waals surface area (Å²) in [5.74, 6) is 0.322. The first-order valence-corrected chi connectivity index (χ1v) is 7.06. The SMILES string of the molecule is Cc1cnccc1CCN[C@@H](C)Cc1ccc(O)cc1. The number of nitrogens with one attached hydrogen (secondary N) is 1. The second-order valence-electron chi connectivity index (χ2n) is 5.28. The van der Waals surface area contributed by atoms with Gasteiger partial charge < -0.3 is 10.4 Å². The van der Waals surface area contributed by atoms with Gasteiger partial charge in [0.1, 0.15) is 5.75 Å². The van der Waals surface area contributed by atoms with Gasteiger partial charge in [-0.3, -0.25) is 4.98 Å². The Labute approximate surface area is 120 Å². The predicted octanol–water partition coefficient (Wildman–Crippen LogP) is 2.86. The van der Waals surface area contributed by atoms with E-state index in [1.54, 1.807) is 12.1 Å². The lowest BCUT2D eigenvalue weighted by Gasteiger charge is -2.14. The minimum Gasteiger partial charge on any atom is -0.508 e. The lowest BCUT2D eigenvalue weighted by atomic mass is 10.1. The average molecular weight is 270 g/mol. The van der Waals surface area contributed by atoms with Gasteiger partial charge in [0, 0.05) is 18.4 Å². The van der Waals surface area contributed by atoms with Gasteiger partial charge >= 0.3 is 0 Å². The van der Waals surface area contributed by atoms with Crippen LogP contribution in [0.3, 0.4) is 0 Å². The number of hydrogen-bond acceptors (Lipinski definition) is 3. The van der Waals surface area contributed by atoms with Gasteiger partial charge in [0.25, 0.3) is 0 Å². The summed E-state index contributed by atoms with van der Waals surface area (Å²) in [4.78, 5) is 4.11. The van der Waals surface area contributed by atoms with Crippen LogP contribution in [-0.4, -0.2) is 22.7 Å². The second kappa shape index (κ2) is 7.06. The monoisotopic (exact) mass is 270 g/mol. The maximum Gasteiger partial charge on any atom is 0.115 e. The molecule has 0 amide bonds. The van der Waals surface area contributed by atoms with Gasteiger partial charge in [-0.1, -0.05) is 12.1 Å². The molecule has 0 unspecified atom stereocenters. The van der Waals surface area contributed by atoms with E-state index in [9.17, 15) is 5.11 Å². The smallest absolute Gasteiger partial charge is 0.115 e. The van der Waals surface area contributed by atoms with E-state index in [1.165, 1.54) is 16.7 Å². The summed E-state index contributed by atoms with van der Waals surface area (Å²) >= 11 is 0. The van der Waals surface area contributed by atoms with Crippen molar-refractivity contribution >= 4 is 0 Å². The minimum absolute atomic E-state index is 0.322. The third kappa shape index (κ3) is 4.35. The zero-order valence-electron chi connectivity index (χ0n) is 12.1. The fraction of sp³-hybridized carbons (Fsp3) is 0.353. The molecule has 0 aliphatic rings. The number of hydrogen-bond donors (Lipinski definition) is 2. The van der Waals surface area contributed by atoms with E-state index in [0.29, 0.717) is 11.8 Å². The van der Waals surface area contributed by atoms with Gasteiger partial charge in [0.2, 0.25) is 0 Å². The topological polar surface area (TPSA) is 45.2 Å². The van der Waals surface area contributed by atoms with Crippen molar-refractivity contribution < 1.29 is 5.11 Å². The Morgan fingerprint density at radius 1 is 1.20 bits per heavy atom. The fourth-order valence-corrected chi connectivity index (χ4v) is 2.29. The van der Waals surface area contributed by atoms with Crippen LogP contribution in [0.2, 0.25) is 0 Å². The lowest BCUT2D eigenvalue weighted by Crippen LogP contribution is -2.30. The van der Waals surface area contributed by atoms with E-state index in [4.69, 9.17) is 0 Å². The van der Waals surface area contributed by atoms with Crippen molar-refractivity contribution in [3.8, 4) is 5.75 Å². The van der Waals surface area contributed by atoms with Crippen molar-refractivity contribution in [1.29, 1.82) is 0 Å². The van der Waals surface area contributed by atoms with Gasteiger partial charge in [-0.15, -0.1) is 0 Å². The van der Waals surface area contributed by atoms with Gasteiger partial charge in [-0.2, -0.15) is 0 Å². The van der Waals surface area contributed by atoms with Crippen LogP contribution in [0.25, 0.3) is 0 Å². The number of aryl methyl sites for hydroxylation is 1. The van der Waals surface area contributed by atoms with Crippen molar-refractivity contribution in [2.75, 3.05) is 6.54 Å². The maximum atomic E-state index is 9.26. The molecule has 1 atom stereocenters. The van der Waals surface area contributed by atoms with Gasteiger partial charge in [0.05, 0.1) is 0 Å². The first-order valence-electron chi connectivity index (χ1n) is 7.06. The minimum atomic E-state index is 0.322. The zero-order valence-corrected chi connectivity index (χ0v) is 12.1. The first kappa shape index (κ1) is 14.5. The Bertz CT molecular complexity index is 537. The Hall–Kier alpha value is -1.87. The Kier molecular flexibility index (Phi) is 5.13. The van der Waals surface area contributed by atoms with E-state index in [-0.39, 0.29) is 0 Å². The quantitative estimate of drug-likeness (QED) is 0.848. The molecule has 2 N–H and O–H groups in total. The third-order valence-electron chi connectivity index (χ3n) is 3.50. The zero-order chi connectivity index (χ0) is 14.4. The Balaban J connectivity index is 1.76. The highest BCUT2D eigenvalue weighted by Crippen LogP contribution is 2.11. The van der Waals surface area contributed by atoms with E-state index in [0.717, 1.165) is 19.4 Å². The van der Waals surface area contributed by atoms with Crippen molar-refractivity contribution in [3.05, 3.63) is 59.4 Å². The number of nitrogens with zero attached hydrogens (tertiary/aromatic N) is 1. The molecule has 0 spiro atoms. The lowest BCUT2D eigenvalue weighted by molar-refractivity contribution is 0.474. The van der Waals surface area contributed by atoms with Crippen LogP contribution < -0.4 is 5.32 Å².